The maximum absolute atomic E-state index is 13.0. The van der Waals surface area contributed by atoms with E-state index in [0.717, 1.165) is 0 Å². The minimum Gasteiger partial charge on any atom is -0.365 e. The lowest BCUT2D eigenvalue weighted by molar-refractivity contribution is -0.138. The number of carbonyl (C=O) groups is 1. The van der Waals surface area contributed by atoms with Crippen LogP contribution in [0.3, 0.4) is 0 Å². The molecule has 0 unspecified atom stereocenters. The zero-order chi connectivity index (χ0) is 11.8. The Hall–Kier alpha value is -1.30. The van der Waals surface area contributed by atoms with Crippen LogP contribution in [0.5, 0.6) is 0 Å². The van der Waals surface area contributed by atoms with Gasteiger partial charge in [-0.05, 0) is 12.1 Å². The van der Waals surface area contributed by atoms with E-state index in [2.05, 4.69) is 5.73 Å². The Bertz CT molecular complexity index is 416. The summed E-state index contributed by atoms with van der Waals surface area (Å²) in [5.74, 6) is -2.88. The first-order valence-electron chi connectivity index (χ1n) is 3.59. The van der Waals surface area contributed by atoms with Gasteiger partial charge >= 0.3 is 6.18 Å². The molecule has 82 valence electrons. The van der Waals surface area contributed by atoms with Crippen LogP contribution in [0.2, 0.25) is 5.02 Å². The largest absolute Gasteiger partial charge is 0.417 e. The first-order valence-corrected chi connectivity index (χ1v) is 3.97. The summed E-state index contributed by atoms with van der Waals surface area (Å²) in [4.78, 5) is 10.6. The van der Waals surface area contributed by atoms with Gasteiger partial charge in [-0.1, -0.05) is 11.6 Å². The summed E-state index contributed by atoms with van der Waals surface area (Å²) in [7, 11) is 0. The molecule has 2 N–H and O–H groups in total. The van der Waals surface area contributed by atoms with E-state index in [0.29, 0.717) is 12.1 Å². The van der Waals surface area contributed by atoms with E-state index in [9.17, 15) is 22.4 Å². The third-order valence-corrected chi connectivity index (χ3v) is 1.83. The molecule has 0 aromatic heterocycles. The number of halogens is 5. The number of benzene rings is 1. The molecule has 0 heterocycles. The second kappa shape index (κ2) is 3.69. The second-order valence-electron chi connectivity index (χ2n) is 2.67. The zero-order valence-corrected chi connectivity index (χ0v) is 7.79. The van der Waals surface area contributed by atoms with Crippen LogP contribution in [0.4, 0.5) is 17.6 Å². The average molecular weight is 242 g/mol. The van der Waals surface area contributed by atoms with E-state index in [4.69, 9.17) is 11.6 Å². The highest BCUT2D eigenvalue weighted by Crippen LogP contribution is 2.34. The van der Waals surface area contributed by atoms with Gasteiger partial charge in [0, 0.05) is 5.02 Å². The molecule has 1 amide bonds. The maximum Gasteiger partial charge on any atom is 0.417 e. The van der Waals surface area contributed by atoms with Gasteiger partial charge in [0.15, 0.2) is 0 Å². The fraction of sp³-hybridized carbons (Fsp3) is 0.125. The van der Waals surface area contributed by atoms with Crippen LogP contribution in [0.25, 0.3) is 0 Å². The molecule has 2 nitrogen and oxygen atoms in total. The van der Waals surface area contributed by atoms with E-state index >= 15 is 0 Å². The van der Waals surface area contributed by atoms with Crippen molar-refractivity contribution < 1.29 is 22.4 Å². The van der Waals surface area contributed by atoms with Crippen molar-refractivity contribution in [3.63, 3.8) is 0 Å². The van der Waals surface area contributed by atoms with Gasteiger partial charge in [0.2, 0.25) is 0 Å². The lowest BCUT2D eigenvalue weighted by atomic mass is 10.1. The van der Waals surface area contributed by atoms with Crippen molar-refractivity contribution in [2.24, 2.45) is 5.73 Å². The monoisotopic (exact) mass is 241 g/mol. The van der Waals surface area contributed by atoms with Gasteiger partial charge in [0.05, 0.1) is 11.1 Å². The van der Waals surface area contributed by atoms with Crippen molar-refractivity contribution in [3.8, 4) is 0 Å². The molecule has 0 bridgehead atoms. The Morgan fingerprint density at radius 3 is 2.27 bits per heavy atom. The summed E-state index contributed by atoms with van der Waals surface area (Å²) in [6.07, 6.45) is -4.88. The molecule has 0 atom stereocenters. The smallest absolute Gasteiger partial charge is 0.365 e. The number of alkyl halides is 3. The van der Waals surface area contributed by atoms with E-state index in [1.165, 1.54) is 0 Å². The summed E-state index contributed by atoms with van der Waals surface area (Å²) in [6, 6.07) is 1.04. The van der Waals surface area contributed by atoms with Crippen molar-refractivity contribution in [2.45, 2.75) is 6.18 Å². The first kappa shape index (κ1) is 11.8. The zero-order valence-electron chi connectivity index (χ0n) is 7.03. The van der Waals surface area contributed by atoms with Crippen LogP contribution in [-0.2, 0) is 6.18 Å². The number of hydrogen-bond donors (Lipinski definition) is 1. The fourth-order valence-corrected chi connectivity index (χ4v) is 1.25. The minimum atomic E-state index is -4.88. The number of primary amides is 1. The van der Waals surface area contributed by atoms with Gasteiger partial charge in [0.1, 0.15) is 5.82 Å². The topological polar surface area (TPSA) is 43.1 Å². The molecular weight excluding hydrogens is 238 g/mol. The molecule has 0 saturated carbocycles. The van der Waals surface area contributed by atoms with Crippen LogP contribution in [0, 0.1) is 5.82 Å². The minimum absolute atomic E-state index is 0.449. The molecule has 0 spiro atoms. The molecular formula is C8H4ClF4NO. The highest BCUT2D eigenvalue weighted by atomic mass is 35.5. The summed E-state index contributed by atoms with van der Waals surface area (Å²) < 4.78 is 50.0. The molecule has 1 rings (SSSR count). The van der Waals surface area contributed by atoms with Crippen molar-refractivity contribution in [1.82, 2.24) is 0 Å². The third kappa shape index (κ3) is 2.38. The van der Waals surface area contributed by atoms with Gasteiger partial charge < -0.3 is 5.73 Å². The quantitative estimate of drug-likeness (QED) is 0.755. The van der Waals surface area contributed by atoms with E-state index < -0.39 is 34.1 Å². The SMILES string of the molecule is NC(=O)c1c(F)cc(Cl)cc1C(F)(F)F. The summed E-state index contributed by atoms with van der Waals surface area (Å²) in [5.41, 5.74) is 1.97. The molecule has 0 radical (unpaired) electrons. The third-order valence-electron chi connectivity index (χ3n) is 1.61. The van der Waals surface area contributed by atoms with E-state index in [1.807, 2.05) is 0 Å². The highest BCUT2D eigenvalue weighted by molar-refractivity contribution is 6.30. The first-order chi connectivity index (χ1) is 6.73. The standard InChI is InChI=1S/C8H4ClF4NO/c9-3-1-4(8(11,12)13)6(7(14)15)5(10)2-3/h1-2H,(H2,14,15). The molecule has 1 aromatic carbocycles. The lowest BCUT2D eigenvalue weighted by Crippen LogP contribution is -2.20. The van der Waals surface area contributed by atoms with Gasteiger partial charge in [-0.3, -0.25) is 4.79 Å². The number of carbonyl (C=O) groups excluding carboxylic acids is 1. The predicted molar refractivity (Wildman–Crippen MR) is 44.9 cm³/mol. The van der Waals surface area contributed by atoms with E-state index in [-0.39, 0.29) is 0 Å². The highest BCUT2D eigenvalue weighted by Gasteiger charge is 2.36. The Morgan fingerprint density at radius 1 is 1.33 bits per heavy atom. The molecule has 0 fully saturated rings. The summed E-state index contributed by atoms with van der Waals surface area (Å²) >= 11 is 5.24. The maximum atomic E-state index is 13.0. The summed E-state index contributed by atoms with van der Waals surface area (Å²) in [6.45, 7) is 0. The van der Waals surface area contributed by atoms with Crippen molar-refractivity contribution >= 4 is 17.5 Å². The molecule has 0 aliphatic heterocycles. The van der Waals surface area contributed by atoms with Gasteiger partial charge in [-0.2, -0.15) is 13.2 Å². The Kier molecular flexibility index (Phi) is 2.90. The number of hydrogen-bond acceptors (Lipinski definition) is 1. The number of rotatable bonds is 1. The fourth-order valence-electron chi connectivity index (χ4n) is 1.05. The Morgan fingerprint density at radius 2 is 1.87 bits per heavy atom. The number of nitrogens with two attached hydrogens (primary N) is 1. The molecule has 15 heavy (non-hydrogen) atoms. The Labute approximate surface area is 86.6 Å². The van der Waals surface area contributed by atoms with E-state index in [1.54, 1.807) is 0 Å². The summed E-state index contributed by atoms with van der Waals surface area (Å²) in [5, 5.41) is -0.454. The molecule has 1 aromatic rings. The van der Waals surface area contributed by atoms with Crippen LogP contribution >= 0.6 is 11.6 Å². The van der Waals surface area contributed by atoms with Crippen LogP contribution in [0.15, 0.2) is 12.1 Å². The lowest BCUT2D eigenvalue weighted by Gasteiger charge is -2.11. The molecule has 0 aliphatic rings. The van der Waals surface area contributed by atoms with Gasteiger partial charge in [-0.15, -0.1) is 0 Å². The molecule has 0 saturated heterocycles. The normalized spacial score (nSPS) is 11.5. The van der Waals surface area contributed by atoms with Gasteiger partial charge in [-0.25, -0.2) is 4.39 Å². The van der Waals surface area contributed by atoms with Crippen molar-refractivity contribution in [2.75, 3.05) is 0 Å². The van der Waals surface area contributed by atoms with Crippen LogP contribution in [-0.4, -0.2) is 5.91 Å². The Balaban J connectivity index is 3.54. The number of amides is 1. The van der Waals surface area contributed by atoms with Crippen molar-refractivity contribution in [3.05, 3.63) is 34.1 Å². The predicted octanol–water partition coefficient (Wildman–Crippen LogP) is 2.60. The van der Waals surface area contributed by atoms with Crippen LogP contribution < -0.4 is 5.73 Å². The van der Waals surface area contributed by atoms with Gasteiger partial charge in [0.25, 0.3) is 5.91 Å². The van der Waals surface area contributed by atoms with Crippen molar-refractivity contribution in [1.29, 1.82) is 0 Å². The van der Waals surface area contributed by atoms with Crippen LogP contribution in [0.1, 0.15) is 15.9 Å². The molecule has 0 aliphatic carbocycles. The average Bonchev–Trinajstić information content (AvgIpc) is 1.99. The molecule has 7 heteroatoms. The second-order valence-corrected chi connectivity index (χ2v) is 3.11.